The van der Waals surface area contributed by atoms with Gasteiger partial charge in [0.2, 0.25) is 11.8 Å². The number of nitrogens with zero attached hydrogens (tertiary/aromatic N) is 2. The average molecular weight is 383 g/mol. The third-order valence-electron chi connectivity index (χ3n) is 5.58. The first kappa shape index (κ1) is 18.1. The number of hydrogen-bond acceptors (Lipinski definition) is 2. The van der Waals surface area contributed by atoms with Crippen molar-refractivity contribution in [1.82, 2.24) is 9.80 Å². The van der Waals surface area contributed by atoms with E-state index in [9.17, 15) is 9.59 Å². The molecule has 1 aliphatic heterocycles. The molecule has 0 unspecified atom stereocenters. The van der Waals surface area contributed by atoms with Crippen molar-refractivity contribution >= 4 is 23.4 Å². The van der Waals surface area contributed by atoms with Gasteiger partial charge in [0, 0.05) is 37.1 Å². The predicted molar refractivity (Wildman–Crippen MR) is 106 cm³/mol. The van der Waals surface area contributed by atoms with Gasteiger partial charge in [0.1, 0.15) is 0 Å². The van der Waals surface area contributed by atoms with Crippen LogP contribution in [0.4, 0.5) is 0 Å². The Labute approximate surface area is 164 Å². The summed E-state index contributed by atoms with van der Waals surface area (Å²) in [7, 11) is 0. The summed E-state index contributed by atoms with van der Waals surface area (Å²) in [6.07, 6.45) is 1.25. The third-order valence-corrected chi connectivity index (χ3v) is 5.95. The zero-order valence-electron chi connectivity index (χ0n) is 15.2. The summed E-state index contributed by atoms with van der Waals surface area (Å²) in [5.74, 6) is 0.780. The van der Waals surface area contributed by atoms with E-state index in [2.05, 4.69) is 12.1 Å². The second kappa shape index (κ2) is 7.73. The van der Waals surface area contributed by atoms with Crippen LogP contribution in [0, 0.1) is 5.92 Å². The lowest BCUT2D eigenvalue weighted by atomic mass is 10.1. The van der Waals surface area contributed by atoms with Crippen molar-refractivity contribution in [3.05, 3.63) is 70.7 Å². The molecule has 2 atom stereocenters. The Morgan fingerprint density at radius 2 is 1.52 bits per heavy atom. The smallest absolute Gasteiger partial charge is 0.227 e. The average Bonchev–Trinajstić information content (AvgIpc) is 3.51. The lowest BCUT2D eigenvalue weighted by Gasteiger charge is -2.35. The van der Waals surface area contributed by atoms with E-state index in [0.29, 0.717) is 43.5 Å². The molecule has 2 aromatic rings. The molecule has 0 aromatic heterocycles. The fourth-order valence-corrected chi connectivity index (χ4v) is 4.07. The molecule has 2 aliphatic rings. The Kier molecular flexibility index (Phi) is 5.17. The number of carbonyl (C=O) groups excluding carboxylic acids is 2. The number of carbonyl (C=O) groups is 2. The molecule has 2 aromatic carbocycles. The van der Waals surface area contributed by atoms with Crippen molar-refractivity contribution in [2.75, 3.05) is 26.2 Å². The highest BCUT2D eigenvalue weighted by molar-refractivity contribution is 6.31. The number of amides is 2. The molecule has 140 valence electrons. The Morgan fingerprint density at radius 3 is 2.22 bits per heavy atom. The van der Waals surface area contributed by atoms with E-state index < -0.39 is 0 Å². The zero-order chi connectivity index (χ0) is 18.8. The van der Waals surface area contributed by atoms with E-state index in [1.807, 2.05) is 46.2 Å². The van der Waals surface area contributed by atoms with Gasteiger partial charge in [-0.2, -0.15) is 0 Å². The highest BCUT2D eigenvalue weighted by Gasteiger charge is 2.46. The van der Waals surface area contributed by atoms with Crippen LogP contribution in [0.1, 0.15) is 23.5 Å². The van der Waals surface area contributed by atoms with Crippen LogP contribution in [0.25, 0.3) is 0 Å². The van der Waals surface area contributed by atoms with E-state index in [4.69, 9.17) is 11.6 Å². The first-order chi connectivity index (χ1) is 13.1. The molecule has 1 saturated carbocycles. The lowest BCUT2D eigenvalue weighted by molar-refractivity contribution is -0.140. The highest BCUT2D eigenvalue weighted by Crippen LogP contribution is 2.48. The molecule has 0 bridgehead atoms. The molecule has 5 heteroatoms. The van der Waals surface area contributed by atoms with Gasteiger partial charge in [0.25, 0.3) is 0 Å². The summed E-state index contributed by atoms with van der Waals surface area (Å²) in [6.45, 7) is 2.42. The summed E-state index contributed by atoms with van der Waals surface area (Å²) in [4.78, 5) is 29.1. The number of halogens is 1. The predicted octanol–water partition coefficient (Wildman–Crippen LogP) is 3.36. The van der Waals surface area contributed by atoms with Crippen LogP contribution >= 0.6 is 11.6 Å². The summed E-state index contributed by atoms with van der Waals surface area (Å²) in [5, 5.41) is 0.625. The monoisotopic (exact) mass is 382 g/mol. The van der Waals surface area contributed by atoms with Crippen molar-refractivity contribution < 1.29 is 9.59 Å². The molecule has 0 radical (unpaired) electrons. The first-order valence-corrected chi connectivity index (χ1v) is 9.86. The molecule has 2 amide bonds. The lowest BCUT2D eigenvalue weighted by Crippen LogP contribution is -2.51. The Morgan fingerprint density at radius 1 is 0.889 bits per heavy atom. The second-order valence-electron chi connectivity index (χ2n) is 7.33. The van der Waals surface area contributed by atoms with Gasteiger partial charge in [-0.25, -0.2) is 0 Å². The number of hydrogen-bond donors (Lipinski definition) is 0. The summed E-state index contributed by atoms with van der Waals surface area (Å²) in [5.41, 5.74) is 2.11. The molecule has 27 heavy (non-hydrogen) atoms. The maximum atomic E-state index is 12.8. The van der Waals surface area contributed by atoms with Gasteiger partial charge in [0.05, 0.1) is 6.42 Å². The molecule has 4 rings (SSSR count). The Bertz CT molecular complexity index is 831. The Balaban J connectivity index is 1.28. The van der Waals surface area contributed by atoms with Crippen LogP contribution in [0.15, 0.2) is 54.6 Å². The quantitative estimate of drug-likeness (QED) is 0.813. The summed E-state index contributed by atoms with van der Waals surface area (Å²) in [6, 6.07) is 17.7. The fourth-order valence-electron chi connectivity index (χ4n) is 3.86. The third kappa shape index (κ3) is 4.01. The normalized spacial score (nSPS) is 21.8. The van der Waals surface area contributed by atoms with Crippen molar-refractivity contribution in [3.63, 3.8) is 0 Å². The Hall–Kier alpha value is -2.33. The molecular weight excluding hydrogens is 360 g/mol. The van der Waals surface area contributed by atoms with Gasteiger partial charge in [-0.1, -0.05) is 60.1 Å². The van der Waals surface area contributed by atoms with Crippen LogP contribution in [0.2, 0.25) is 5.02 Å². The van der Waals surface area contributed by atoms with Gasteiger partial charge in [-0.15, -0.1) is 0 Å². The summed E-state index contributed by atoms with van der Waals surface area (Å²) >= 11 is 6.15. The van der Waals surface area contributed by atoms with Gasteiger partial charge in [-0.3, -0.25) is 9.59 Å². The van der Waals surface area contributed by atoms with E-state index >= 15 is 0 Å². The molecule has 1 aliphatic carbocycles. The van der Waals surface area contributed by atoms with Crippen molar-refractivity contribution in [1.29, 1.82) is 0 Å². The minimum atomic E-state index is 0.0729. The van der Waals surface area contributed by atoms with Crippen molar-refractivity contribution in [2.45, 2.75) is 18.8 Å². The molecule has 2 fully saturated rings. The minimum absolute atomic E-state index is 0.0729. The van der Waals surface area contributed by atoms with Crippen LogP contribution in [0.3, 0.4) is 0 Å². The molecule has 0 N–H and O–H groups in total. The van der Waals surface area contributed by atoms with E-state index in [1.165, 1.54) is 5.56 Å². The largest absolute Gasteiger partial charge is 0.339 e. The first-order valence-electron chi connectivity index (χ1n) is 9.48. The zero-order valence-corrected chi connectivity index (χ0v) is 15.9. The standard InChI is InChI=1S/C22H23ClN2O2/c23-20-9-5-4-8-17(20)14-21(26)24-10-12-25(13-11-24)22(27)19-15-18(19)16-6-2-1-3-7-16/h1-9,18-19H,10-15H2/t18-,19-/m1/s1. The molecule has 1 heterocycles. The maximum Gasteiger partial charge on any atom is 0.227 e. The fraction of sp³-hybridized carbons (Fsp3) is 0.364. The van der Waals surface area contributed by atoms with Gasteiger partial charge >= 0.3 is 0 Å². The maximum absolute atomic E-state index is 12.8. The second-order valence-corrected chi connectivity index (χ2v) is 7.74. The van der Waals surface area contributed by atoms with Gasteiger partial charge in [0.15, 0.2) is 0 Å². The van der Waals surface area contributed by atoms with E-state index in [0.717, 1.165) is 12.0 Å². The molecular formula is C22H23ClN2O2. The van der Waals surface area contributed by atoms with Crippen LogP contribution in [-0.4, -0.2) is 47.8 Å². The molecule has 4 nitrogen and oxygen atoms in total. The summed E-state index contributed by atoms with van der Waals surface area (Å²) < 4.78 is 0. The molecule has 1 saturated heterocycles. The van der Waals surface area contributed by atoms with Crippen molar-refractivity contribution in [2.24, 2.45) is 5.92 Å². The van der Waals surface area contributed by atoms with Crippen LogP contribution < -0.4 is 0 Å². The van der Waals surface area contributed by atoms with Gasteiger partial charge < -0.3 is 9.80 Å². The van der Waals surface area contributed by atoms with Crippen LogP contribution in [0.5, 0.6) is 0 Å². The minimum Gasteiger partial charge on any atom is -0.339 e. The number of piperazine rings is 1. The molecule has 0 spiro atoms. The highest BCUT2D eigenvalue weighted by atomic mass is 35.5. The van der Waals surface area contributed by atoms with E-state index in [-0.39, 0.29) is 17.7 Å². The van der Waals surface area contributed by atoms with E-state index in [1.54, 1.807) is 6.07 Å². The SMILES string of the molecule is O=C(Cc1ccccc1Cl)N1CCN(C(=O)[C@@H]2C[C@@H]2c2ccccc2)CC1. The van der Waals surface area contributed by atoms with Gasteiger partial charge in [-0.05, 0) is 29.5 Å². The van der Waals surface area contributed by atoms with Crippen molar-refractivity contribution in [3.8, 4) is 0 Å². The van der Waals surface area contributed by atoms with Crippen LogP contribution in [-0.2, 0) is 16.0 Å². The topological polar surface area (TPSA) is 40.6 Å². The number of rotatable bonds is 4. The number of benzene rings is 2.